The largest absolute Gasteiger partial charge is 0.336 e. The number of hydrogen-bond acceptors (Lipinski definition) is 2. The maximum Gasteiger partial charge on any atom is 0.317 e. The van der Waals surface area contributed by atoms with Gasteiger partial charge in [-0.05, 0) is 34.0 Å². The van der Waals surface area contributed by atoms with Gasteiger partial charge in [-0.25, -0.2) is 4.79 Å². The molecule has 0 radical (unpaired) electrons. The van der Waals surface area contributed by atoms with Gasteiger partial charge in [-0.3, -0.25) is 0 Å². The lowest BCUT2D eigenvalue weighted by Crippen LogP contribution is -2.41. The fourth-order valence-electron chi connectivity index (χ4n) is 0.864. The van der Waals surface area contributed by atoms with E-state index in [0.29, 0.717) is 0 Å². The molecule has 0 saturated heterocycles. The lowest BCUT2D eigenvalue weighted by Gasteiger charge is -2.19. The van der Waals surface area contributed by atoms with Gasteiger partial charge >= 0.3 is 6.03 Å². The zero-order valence-electron chi connectivity index (χ0n) is 9.29. The summed E-state index contributed by atoms with van der Waals surface area (Å²) < 4.78 is 0. The smallest absolute Gasteiger partial charge is 0.317 e. The Kier molecular flexibility index (Phi) is 5.46. The Bertz CT molecular complexity index is 157. The highest BCUT2D eigenvalue weighted by Crippen LogP contribution is 1.92. The quantitative estimate of drug-likeness (QED) is 0.699. The molecule has 13 heavy (non-hydrogen) atoms. The second-order valence-corrected chi connectivity index (χ2v) is 3.84. The predicted octanol–water partition coefficient (Wildman–Crippen LogP) is 0.598. The molecule has 4 nitrogen and oxygen atoms in total. The first-order chi connectivity index (χ1) is 5.93. The number of nitrogens with zero attached hydrogens (tertiary/aromatic N) is 2. The number of nitrogens with one attached hydrogen (secondary N) is 1. The van der Waals surface area contributed by atoms with Crippen molar-refractivity contribution in [2.24, 2.45) is 0 Å². The van der Waals surface area contributed by atoms with Gasteiger partial charge in [0.15, 0.2) is 0 Å². The van der Waals surface area contributed by atoms with Crippen molar-refractivity contribution in [3.8, 4) is 0 Å². The second kappa shape index (κ2) is 5.80. The van der Waals surface area contributed by atoms with Crippen molar-refractivity contribution in [3.63, 3.8) is 0 Å². The SMILES string of the molecule is CC(CCN(C)C)NC(=O)N(C)C. The average molecular weight is 187 g/mol. The molecule has 0 aromatic rings. The molecular weight excluding hydrogens is 166 g/mol. The molecule has 1 N–H and O–H groups in total. The topological polar surface area (TPSA) is 35.6 Å². The summed E-state index contributed by atoms with van der Waals surface area (Å²) >= 11 is 0. The van der Waals surface area contributed by atoms with E-state index in [9.17, 15) is 4.79 Å². The van der Waals surface area contributed by atoms with Gasteiger partial charge in [0.1, 0.15) is 0 Å². The molecule has 78 valence electrons. The number of amides is 2. The molecular formula is C9H21N3O. The fourth-order valence-corrected chi connectivity index (χ4v) is 0.864. The van der Waals surface area contributed by atoms with Crippen LogP contribution in [0.25, 0.3) is 0 Å². The number of carbonyl (C=O) groups excluding carboxylic acids is 1. The van der Waals surface area contributed by atoms with Crippen molar-refractivity contribution >= 4 is 6.03 Å². The first kappa shape index (κ1) is 12.2. The van der Waals surface area contributed by atoms with E-state index in [1.54, 1.807) is 19.0 Å². The van der Waals surface area contributed by atoms with Crippen LogP contribution in [0, 0.1) is 0 Å². The monoisotopic (exact) mass is 187 g/mol. The summed E-state index contributed by atoms with van der Waals surface area (Å²) in [6, 6.07) is 0.212. The van der Waals surface area contributed by atoms with E-state index >= 15 is 0 Å². The van der Waals surface area contributed by atoms with Crippen LogP contribution in [0.15, 0.2) is 0 Å². The summed E-state index contributed by atoms with van der Waals surface area (Å²) in [5, 5.41) is 2.89. The van der Waals surface area contributed by atoms with Crippen LogP contribution in [0.1, 0.15) is 13.3 Å². The van der Waals surface area contributed by atoms with Gasteiger partial charge < -0.3 is 15.1 Å². The molecule has 0 fully saturated rings. The van der Waals surface area contributed by atoms with E-state index in [2.05, 4.69) is 10.2 Å². The Morgan fingerprint density at radius 3 is 2.23 bits per heavy atom. The molecule has 0 aliphatic rings. The van der Waals surface area contributed by atoms with Gasteiger partial charge in [0.2, 0.25) is 0 Å². The van der Waals surface area contributed by atoms with Crippen molar-refractivity contribution in [2.45, 2.75) is 19.4 Å². The third kappa shape index (κ3) is 6.40. The van der Waals surface area contributed by atoms with Crippen LogP contribution in [-0.2, 0) is 0 Å². The minimum Gasteiger partial charge on any atom is -0.336 e. The Hall–Kier alpha value is -0.770. The number of urea groups is 1. The molecule has 0 rings (SSSR count). The standard InChI is InChI=1S/C9H21N3O/c1-8(6-7-11(2)3)10-9(13)12(4)5/h8H,6-7H2,1-5H3,(H,10,13). The zero-order valence-corrected chi connectivity index (χ0v) is 9.29. The third-order valence-corrected chi connectivity index (χ3v) is 1.79. The molecule has 1 atom stereocenters. The van der Waals surface area contributed by atoms with Crippen molar-refractivity contribution in [3.05, 3.63) is 0 Å². The van der Waals surface area contributed by atoms with Crippen LogP contribution in [0.5, 0.6) is 0 Å². The Labute approximate surface area is 80.9 Å². The normalized spacial score (nSPS) is 12.8. The molecule has 0 aromatic heterocycles. The first-order valence-corrected chi connectivity index (χ1v) is 4.56. The van der Waals surface area contributed by atoms with Crippen LogP contribution in [0.4, 0.5) is 4.79 Å². The summed E-state index contributed by atoms with van der Waals surface area (Å²) in [5.74, 6) is 0. The molecule has 2 amide bonds. The van der Waals surface area contributed by atoms with E-state index in [-0.39, 0.29) is 12.1 Å². The number of rotatable bonds is 4. The van der Waals surface area contributed by atoms with Gasteiger partial charge in [0.05, 0.1) is 0 Å². The Morgan fingerprint density at radius 2 is 1.85 bits per heavy atom. The van der Waals surface area contributed by atoms with Crippen molar-refractivity contribution in [1.82, 2.24) is 15.1 Å². The molecule has 0 aliphatic carbocycles. The predicted molar refractivity (Wildman–Crippen MR) is 54.9 cm³/mol. The molecule has 0 spiro atoms. The summed E-state index contributed by atoms with van der Waals surface area (Å²) in [6.07, 6.45) is 0.979. The fraction of sp³-hybridized carbons (Fsp3) is 0.889. The van der Waals surface area contributed by atoms with Gasteiger partial charge in [-0.2, -0.15) is 0 Å². The van der Waals surface area contributed by atoms with Crippen LogP contribution in [0.2, 0.25) is 0 Å². The van der Waals surface area contributed by atoms with E-state index < -0.39 is 0 Å². The molecule has 0 saturated carbocycles. The van der Waals surface area contributed by atoms with Crippen LogP contribution in [-0.4, -0.2) is 56.6 Å². The second-order valence-electron chi connectivity index (χ2n) is 3.84. The third-order valence-electron chi connectivity index (χ3n) is 1.79. The average Bonchev–Trinajstić information content (AvgIpc) is 2.00. The molecule has 0 heterocycles. The van der Waals surface area contributed by atoms with Crippen LogP contribution < -0.4 is 5.32 Å². The Morgan fingerprint density at radius 1 is 1.31 bits per heavy atom. The zero-order chi connectivity index (χ0) is 10.4. The lowest BCUT2D eigenvalue weighted by atomic mass is 10.2. The minimum atomic E-state index is -0.0220. The van der Waals surface area contributed by atoms with Gasteiger partial charge in [0, 0.05) is 20.1 Å². The van der Waals surface area contributed by atoms with Crippen LogP contribution >= 0.6 is 0 Å². The molecule has 4 heteroatoms. The van der Waals surface area contributed by atoms with Crippen molar-refractivity contribution in [1.29, 1.82) is 0 Å². The molecule has 0 aromatic carbocycles. The van der Waals surface area contributed by atoms with Crippen LogP contribution in [0.3, 0.4) is 0 Å². The maximum absolute atomic E-state index is 11.2. The number of hydrogen-bond donors (Lipinski definition) is 1. The summed E-state index contributed by atoms with van der Waals surface area (Å²) in [6.45, 7) is 3.01. The minimum absolute atomic E-state index is 0.0220. The highest BCUT2D eigenvalue weighted by atomic mass is 16.2. The summed E-state index contributed by atoms with van der Waals surface area (Å²) in [7, 11) is 7.54. The molecule has 0 bridgehead atoms. The summed E-state index contributed by atoms with van der Waals surface area (Å²) in [4.78, 5) is 14.9. The van der Waals surface area contributed by atoms with E-state index in [1.165, 1.54) is 0 Å². The van der Waals surface area contributed by atoms with Crippen molar-refractivity contribution in [2.75, 3.05) is 34.7 Å². The van der Waals surface area contributed by atoms with Gasteiger partial charge in [-0.15, -0.1) is 0 Å². The van der Waals surface area contributed by atoms with Gasteiger partial charge in [-0.1, -0.05) is 0 Å². The highest BCUT2D eigenvalue weighted by molar-refractivity contribution is 5.73. The highest BCUT2D eigenvalue weighted by Gasteiger charge is 2.08. The summed E-state index contributed by atoms with van der Waals surface area (Å²) in [5.41, 5.74) is 0. The van der Waals surface area contributed by atoms with E-state index in [1.807, 2.05) is 21.0 Å². The lowest BCUT2D eigenvalue weighted by molar-refractivity contribution is 0.212. The Balaban J connectivity index is 3.62. The first-order valence-electron chi connectivity index (χ1n) is 4.56. The number of carbonyl (C=O) groups is 1. The molecule has 0 aliphatic heterocycles. The molecule has 1 unspecified atom stereocenters. The van der Waals surface area contributed by atoms with E-state index in [4.69, 9.17) is 0 Å². The van der Waals surface area contributed by atoms with E-state index in [0.717, 1.165) is 13.0 Å². The maximum atomic E-state index is 11.2. The van der Waals surface area contributed by atoms with Gasteiger partial charge in [0.25, 0.3) is 0 Å². The van der Waals surface area contributed by atoms with Crippen molar-refractivity contribution < 1.29 is 4.79 Å².